The first-order valence-electron chi connectivity index (χ1n) is 8.41. The number of ether oxygens (including phenoxy) is 1. The van der Waals surface area contributed by atoms with Gasteiger partial charge in [0.2, 0.25) is 0 Å². The van der Waals surface area contributed by atoms with Crippen LogP contribution < -0.4 is 0 Å². The van der Waals surface area contributed by atoms with Crippen molar-refractivity contribution in [2.45, 2.75) is 32.9 Å². The van der Waals surface area contributed by atoms with Gasteiger partial charge in [0.15, 0.2) is 0 Å². The molecule has 128 valence electrons. The summed E-state index contributed by atoms with van der Waals surface area (Å²) in [6.45, 7) is 5.52. The van der Waals surface area contributed by atoms with Crippen LogP contribution in [0.15, 0.2) is 30.7 Å². The minimum atomic E-state index is -0.0560. The summed E-state index contributed by atoms with van der Waals surface area (Å²) in [6, 6.07) is 3.94. The number of rotatable bonds is 6. The van der Waals surface area contributed by atoms with Gasteiger partial charge in [-0.25, -0.2) is 4.68 Å². The smallest absolute Gasteiger partial charge is 0.309 e. The molecule has 3 heterocycles. The Labute approximate surface area is 141 Å². The van der Waals surface area contributed by atoms with Gasteiger partial charge in [-0.3, -0.25) is 14.7 Å². The quantitative estimate of drug-likeness (QED) is 0.748. The standard InChI is InChI=1S/C17H23N5O2/c1-2-24-17(23)15-5-8-21(9-6-15)12-16-13-22(20-19-16)11-14-4-3-7-18-10-14/h3-4,7,10,13,15H,2,5-6,8-9,11-12H2,1H3. The fourth-order valence-electron chi connectivity index (χ4n) is 2.98. The highest BCUT2D eigenvalue weighted by atomic mass is 16.5. The summed E-state index contributed by atoms with van der Waals surface area (Å²) in [5.41, 5.74) is 2.05. The van der Waals surface area contributed by atoms with Gasteiger partial charge in [-0.05, 0) is 44.5 Å². The minimum Gasteiger partial charge on any atom is -0.466 e. The van der Waals surface area contributed by atoms with Crippen molar-refractivity contribution in [1.82, 2.24) is 24.9 Å². The number of nitrogens with zero attached hydrogens (tertiary/aromatic N) is 5. The number of esters is 1. The first-order valence-corrected chi connectivity index (χ1v) is 8.41. The van der Waals surface area contributed by atoms with E-state index in [1.54, 1.807) is 6.20 Å². The van der Waals surface area contributed by atoms with Crippen LogP contribution in [-0.4, -0.2) is 50.5 Å². The normalized spacial score (nSPS) is 16.2. The molecule has 7 nitrogen and oxygen atoms in total. The number of piperidine rings is 1. The highest BCUT2D eigenvalue weighted by molar-refractivity contribution is 5.72. The molecule has 0 bridgehead atoms. The van der Waals surface area contributed by atoms with Crippen molar-refractivity contribution in [3.8, 4) is 0 Å². The van der Waals surface area contributed by atoms with E-state index in [2.05, 4.69) is 20.2 Å². The molecule has 1 fully saturated rings. The molecule has 1 aliphatic rings. The van der Waals surface area contributed by atoms with Crippen molar-refractivity contribution in [3.63, 3.8) is 0 Å². The van der Waals surface area contributed by atoms with E-state index in [0.29, 0.717) is 13.2 Å². The molecule has 0 amide bonds. The molecule has 7 heteroatoms. The molecule has 0 saturated carbocycles. The Morgan fingerprint density at radius 2 is 2.17 bits per heavy atom. The maximum Gasteiger partial charge on any atom is 0.309 e. The van der Waals surface area contributed by atoms with Crippen LogP contribution in [0, 0.1) is 5.92 Å². The Kier molecular flexibility index (Phi) is 5.53. The third kappa shape index (κ3) is 4.38. The molecule has 1 aliphatic heterocycles. The second kappa shape index (κ2) is 8.01. The van der Waals surface area contributed by atoms with Gasteiger partial charge in [0.05, 0.1) is 31.0 Å². The highest BCUT2D eigenvalue weighted by Gasteiger charge is 2.26. The van der Waals surface area contributed by atoms with E-state index in [4.69, 9.17) is 4.74 Å². The Balaban J connectivity index is 1.48. The number of hydrogen-bond acceptors (Lipinski definition) is 6. The maximum absolute atomic E-state index is 11.8. The largest absolute Gasteiger partial charge is 0.466 e. The zero-order valence-corrected chi connectivity index (χ0v) is 14.0. The Morgan fingerprint density at radius 3 is 2.88 bits per heavy atom. The first-order chi connectivity index (χ1) is 11.7. The van der Waals surface area contributed by atoms with Gasteiger partial charge < -0.3 is 4.74 Å². The lowest BCUT2D eigenvalue weighted by atomic mass is 9.97. The van der Waals surface area contributed by atoms with Crippen LogP contribution in [0.4, 0.5) is 0 Å². The maximum atomic E-state index is 11.8. The molecule has 1 saturated heterocycles. The summed E-state index contributed by atoms with van der Waals surface area (Å²) < 4.78 is 6.94. The van der Waals surface area contributed by atoms with Crippen LogP contribution in [0.3, 0.4) is 0 Å². The molecule has 0 spiro atoms. The second-order valence-electron chi connectivity index (χ2n) is 6.07. The lowest BCUT2D eigenvalue weighted by Gasteiger charge is -2.30. The van der Waals surface area contributed by atoms with Gasteiger partial charge in [0.1, 0.15) is 0 Å². The summed E-state index contributed by atoms with van der Waals surface area (Å²) in [5, 5.41) is 8.43. The number of carbonyl (C=O) groups is 1. The van der Waals surface area contributed by atoms with E-state index in [1.165, 1.54) is 0 Å². The van der Waals surface area contributed by atoms with Crippen molar-refractivity contribution < 1.29 is 9.53 Å². The minimum absolute atomic E-state index is 0.0439. The third-order valence-corrected chi connectivity index (χ3v) is 4.25. The molecule has 3 rings (SSSR count). The van der Waals surface area contributed by atoms with Crippen LogP contribution >= 0.6 is 0 Å². The van der Waals surface area contributed by atoms with Gasteiger partial charge in [0.25, 0.3) is 0 Å². The Bertz CT molecular complexity index is 650. The first kappa shape index (κ1) is 16.6. The SMILES string of the molecule is CCOC(=O)C1CCN(Cc2cn(Cc3cccnc3)nn2)CC1. The van der Waals surface area contributed by atoms with E-state index < -0.39 is 0 Å². The van der Waals surface area contributed by atoms with Crippen LogP contribution in [0.5, 0.6) is 0 Å². The van der Waals surface area contributed by atoms with Gasteiger partial charge in [-0.15, -0.1) is 5.10 Å². The molecule has 0 N–H and O–H groups in total. The van der Waals surface area contributed by atoms with Gasteiger partial charge in [-0.1, -0.05) is 11.3 Å². The zero-order chi connectivity index (χ0) is 16.8. The summed E-state index contributed by atoms with van der Waals surface area (Å²) in [6.07, 6.45) is 7.27. The van der Waals surface area contributed by atoms with E-state index in [1.807, 2.05) is 36.1 Å². The number of likely N-dealkylation sites (tertiary alicyclic amines) is 1. The summed E-state index contributed by atoms with van der Waals surface area (Å²) in [5.74, 6) is -0.0120. The molecular formula is C17H23N5O2. The number of aromatic nitrogens is 4. The monoisotopic (exact) mass is 329 g/mol. The fraction of sp³-hybridized carbons (Fsp3) is 0.529. The third-order valence-electron chi connectivity index (χ3n) is 4.25. The van der Waals surface area contributed by atoms with E-state index in [0.717, 1.165) is 43.7 Å². The molecule has 0 unspecified atom stereocenters. The van der Waals surface area contributed by atoms with Crippen LogP contribution in [0.1, 0.15) is 31.0 Å². The second-order valence-corrected chi connectivity index (χ2v) is 6.07. The number of carbonyl (C=O) groups excluding carboxylic acids is 1. The fourth-order valence-corrected chi connectivity index (χ4v) is 2.98. The van der Waals surface area contributed by atoms with Crippen molar-refractivity contribution >= 4 is 5.97 Å². The van der Waals surface area contributed by atoms with Crippen molar-refractivity contribution in [2.24, 2.45) is 5.92 Å². The molecule has 0 aromatic carbocycles. The highest BCUT2D eigenvalue weighted by Crippen LogP contribution is 2.19. The van der Waals surface area contributed by atoms with E-state index in [-0.39, 0.29) is 11.9 Å². The van der Waals surface area contributed by atoms with E-state index in [9.17, 15) is 4.79 Å². The van der Waals surface area contributed by atoms with Gasteiger partial charge in [0, 0.05) is 18.9 Å². The Hall–Kier alpha value is -2.28. The average molecular weight is 329 g/mol. The lowest BCUT2D eigenvalue weighted by molar-refractivity contribution is -0.149. The Morgan fingerprint density at radius 1 is 1.33 bits per heavy atom. The number of pyridine rings is 1. The van der Waals surface area contributed by atoms with Gasteiger partial charge >= 0.3 is 5.97 Å². The average Bonchev–Trinajstić information content (AvgIpc) is 3.03. The van der Waals surface area contributed by atoms with Crippen LogP contribution in [0.2, 0.25) is 0 Å². The molecule has 24 heavy (non-hydrogen) atoms. The number of hydrogen-bond donors (Lipinski definition) is 0. The lowest BCUT2D eigenvalue weighted by Crippen LogP contribution is -2.36. The van der Waals surface area contributed by atoms with Gasteiger partial charge in [-0.2, -0.15) is 0 Å². The predicted octanol–water partition coefficient (Wildman–Crippen LogP) is 1.50. The zero-order valence-electron chi connectivity index (χ0n) is 14.0. The van der Waals surface area contributed by atoms with Crippen molar-refractivity contribution in [1.29, 1.82) is 0 Å². The van der Waals surface area contributed by atoms with Crippen LogP contribution in [0.25, 0.3) is 0 Å². The predicted molar refractivity (Wildman–Crippen MR) is 88.0 cm³/mol. The molecule has 0 atom stereocenters. The molecule has 0 radical (unpaired) electrons. The topological polar surface area (TPSA) is 73.1 Å². The van der Waals surface area contributed by atoms with Crippen LogP contribution in [-0.2, 0) is 22.6 Å². The molecule has 2 aromatic heterocycles. The molecule has 2 aromatic rings. The van der Waals surface area contributed by atoms with Crippen molar-refractivity contribution in [2.75, 3.05) is 19.7 Å². The molecule has 0 aliphatic carbocycles. The summed E-state index contributed by atoms with van der Waals surface area (Å²) in [7, 11) is 0. The van der Waals surface area contributed by atoms with Crippen molar-refractivity contribution in [3.05, 3.63) is 42.0 Å². The van der Waals surface area contributed by atoms with E-state index >= 15 is 0 Å². The molecular weight excluding hydrogens is 306 g/mol. The summed E-state index contributed by atoms with van der Waals surface area (Å²) in [4.78, 5) is 18.2. The summed E-state index contributed by atoms with van der Waals surface area (Å²) >= 11 is 0.